The molecule has 1 heterocycles. The summed E-state index contributed by atoms with van der Waals surface area (Å²) in [6.45, 7) is 0.382. The minimum atomic E-state index is 0.382. The summed E-state index contributed by atoms with van der Waals surface area (Å²) in [5.74, 6) is 0. The molecule has 1 N–H and O–H groups in total. The number of benzene rings is 1. The maximum absolute atomic E-state index is 10.1. The average Bonchev–Trinajstić information content (AvgIpc) is 2.57. The molecule has 0 radical (unpaired) electrons. The zero-order valence-corrected chi connectivity index (χ0v) is 7.80. The van der Waals surface area contributed by atoms with Crippen LogP contribution in [-0.4, -0.2) is 12.8 Å². The van der Waals surface area contributed by atoms with Crippen molar-refractivity contribution in [2.75, 3.05) is 11.9 Å². The van der Waals surface area contributed by atoms with Gasteiger partial charge in [-0.25, -0.2) is 0 Å². The van der Waals surface area contributed by atoms with Crippen LogP contribution in [-0.2, 0) is 4.79 Å². The molecule has 0 amide bonds. The number of rotatable bonds is 3. The number of anilines is 1. The lowest BCUT2D eigenvalue weighted by Crippen LogP contribution is -1.99. The van der Waals surface area contributed by atoms with Gasteiger partial charge in [-0.15, -0.1) is 11.3 Å². The molecule has 2 rings (SSSR count). The van der Waals surface area contributed by atoms with Crippen LogP contribution in [0.25, 0.3) is 10.1 Å². The number of aldehydes is 1. The minimum absolute atomic E-state index is 0.382. The highest BCUT2D eigenvalue weighted by molar-refractivity contribution is 7.22. The van der Waals surface area contributed by atoms with Crippen molar-refractivity contribution in [1.82, 2.24) is 0 Å². The number of carbonyl (C=O) groups is 1. The molecular formula is C10H9NOS. The first-order chi connectivity index (χ1) is 6.40. The fraction of sp³-hybridized carbons (Fsp3) is 0.100. The van der Waals surface area contributed by atoms with Crippen LogP contribution in [0.1, 0.15) is 0 Å². The van der Waals surface area contributed by atoms with Crippen LogP contribution in [0.2, 0.25) is 0 Å². The van der Waals surface area contributed by atoms with E-state index in [2.05, 4.69) is 23.5 Å². The van der Waals surface area contributed by atoms with Crippen LogP contribution in [0.3, 0.4) is 0 Å². The first-order valence-electron chi connectivity index (χ1n) is 4.06. The van der Waals surface area contributed by atoms with E-state index in [1.807, 2.05) is 12.1 Å². The van der Waals surface area contributed by atoms with Crippen LogP contribution in [0.15, 0.2) is 30.3 Å². The second kappa shape index (κ2) is 3.58. The molecule has 3 heteroatoms. The monoisotopic (exact) mass is 191 g/mol. The largest absolute Gasteiger partial charge is 0.370 e. The summed E-state index contributed by atoms with van der Waals surface area (Å²) in [4.78, 5) is 10.1. The minimum Gasteiger partial charge on any atom is -0.370 e. The van der Waals surface area contributed by atoms with Crippen molar-refractivity contribution in [2.45, 2.75) is 0 Å². The van der Waals surface area contributed by atoms with E-state index in [0.29, 0.717) is 6.54 Å². The Morgan fingerprint density at radius 2 is 2.23 bits per heavy atom. The predicted molar refractivity (Wildman–Crippen MR) is 56.4 cm³/mol. The quantitative estimate of drug-likeness (QED) is 0.755. The van der Waals surface area contributed by atoms with E-state index in [1.54, 1.807) is 11.3 Å². The molecule has 0 aliphatic heterocycles. The number of fused-ring (bicyclic) bond motifs is 1. The molecule has 66 valence electrons. The Labute approximate surface area is 80.2 Å². The number of hydrogen-bond acceptors (Lipinski definition) is 3. The molecule has 0 spiro atoms. The molecule has 0 fully saturated rings. The van der Waals surface area contributed by atoms with Gasteiger partial charge in [-0.2, -0.15) is 0 Å². The number of nitrogens with one attached hydrogen (secondary N) is 1. The van der Waals surface area contributed by atoms with Gasteiger partial charge in [0.2, 0.25) is 0 Å². The van der Waals surface area contributed by atoms with Crippen LogP contribution >= 0.6 is 11.3 Å². The van der Waals surface area contributed by atoms with E-state index in [4.69, 9.17) is 0 Å². The highest BCUT2D eigenvalue weighted by atomic mass is 32.1. The van der Waals surface area contributed by atoms with Crippen LogP contribution in [0.4, 0.5) is 5.00 Å². The Hall–Kier alpha value is -1.35. The van der Waals surface area contributed by atoms with E-state index in [9.17, 15) is 4.79 Å². The van der Waals surface area contributed by atoms with Crippen molar-refractivity contribution in [3.63, 3.8) is 0 Å². The van der Waals surface area contributed by atoms with Gasteiger partial charge >= 0.3 is 0 Å². The maximum atomic E-state index is 10.1. The van der Waals surface area contributed by atoms with Gasteiger partial charge in [-0.05, 0) is 17.5 Å². The van der Waals surface area contributed by atoms with Crippen molar-refractivity contribution in [2.24, 2.45) is 0 Å². The molecule has 0 bridgehead atoms. The Bertz CT molecular complexity index is 389. The third kappa shape index (κ3) is 1.70. The third-order valence-electron chi connectivity index (χ3n) is 1.79. The van der Waals surface area contributed by atoms with E-state index < -0.39 is 0 Å². The fourth-order valence-corrected chi connectivity index (χ4v) is 2.18. The second-order valence-electron chi connectivity index (χ2n) is 2.70. The van der Waals surface area contributed by atoms with Gasteiger partial charge in [-0.1, -0.05) is 18.2 Å². The zero-order chi connectivity index (χ0) is 9.10. The van der Waals surface area contributed by atoms with Crippen molar-refractivity contribution in [1.29, 1.82) is 0 Å². The summed E-state index contributed by atoms with van der Waals surface area (Å²) < 4.78 is 1.25. The fourth-order valence-electron chi connectivity index (χ4n) is 1.21. The summed E-state index contributed by atoms with van der Waals surface area (Å²) in [7, 11) is 0. The van der Waals surface area contributed by atoms with E-state index in [0.717, 1.165) is 11.3 Å². The molecule has 0 aliphatic rings. The molecule has 0 aliphatic carbocycles. The van der Waals surface area contributed by atoms with Gasteiger partial charge in [0, 0.05) is 4.70 Å². The number of carbonyl (C=O) groups excluding carboxylic acids is 1. The molecule has 0 saturated heterocycles. The molecule has 0 saturated carbocycles. The van der Waals surface area contributed by atoms with Crippen LogP contribution in [0.5, 0.6) is 0 Å². The van der Waals surface area contributed by atoms with Gasteiger partial charge in [0.25, 0.3) is 0 Å². The lowest BCUT2D eigenvalue weighted by Gasteiger charge is -1.93. The first-order valence-corrected chi connectivity index (χ1v) is 4.88. The summed E-state index contributed by atoms with van der Waals surface area (Å²) in [6.07, 6.45) is 0.865. The molecule has 2 aromatic rings. The number of hydrogen-bond donors (Lipinski definition) is 1. The molecule has 1 aromatic heterocycles. The Balaban J connectivity index is 2.32. The zero-order valence-electron chi connectivity index (χ0n) is 6.99. The Kier molecular flexibility index (Phi) is 2.27. The van der Waals surface area contributed by atoms with Crippen LogP contribution < -0.4 is 5.32 Å². The van der Waals surface area contributed by atoms with Gasteiger partial charge in [0.1, 0.15) is 6.29 Å². The SMILES string of the molecule is O=CCNc1cc2ccccc2s1. The standard InChI is InChI=1S/C10H9NOS/c12-6-5-11-10-7-8-3-1-2-4-9(8)13-10/h1-4,6-7,11H,5H2. The summed E-state index contributed by atoms with van der Waals surface area (Å²) >= 11 is 1.67. The van der Waals surface area contributed by atoms with Gasteiger partial charge < -0.3 is 10.1 Å². The maximum Gasteiger partial charge on any atom is 0.139 e. The van der Waals surface area contributed by atoms with Gasteiger partial charge in [-0.3, -0.25) is 0 Å². The summed E-state index contributed by atoms with van der Waals surface area (Å²) in [6, 6.07) is 10.2. The smallest absolute Gasteiger partial charge is 0.139 e. The van der Waals surface area contributed by atoms with Gasteiger partial charge in [0.15, 0.2) is 0 Å². The van der Waals surface area contributed by atoms with Gasteiger partial charge in [0.05, 0.1) is 11.5 Å². The second-order valence-corrected chi connectivity index (χ2v) is 3.78. The Morgan fingerprint density at radius 1 is 1.38 bits per heavy atom. The van der Waals surface area contributed by atoms with Crippen molar-refractivity contribution < 1.29 is 4.79 Å². The number of thiophene rings is 1. The molecule has 0 atom stereocenters. The summed E-state index contributed by atoms with van der Waals surface area (Å²) in [5.41, 5.74) is 0. The molecule has 2 nitrogen and oxygen atoms in total. The normalized spacial score (nSPS) is 10.2. The summed E-state index contributed by atoms with van der Waals surface area (Å²) in [5, 5.41) is 5.31. The van der Waals surface area contributed by atoms with E-state index in [-0.39, 0.29) is 0 Å². The van der Waals surface area contributed by atoms with Crippen molar-refractivity contribution in [3.05, 3.63) is 30.3 Å². The molecular weight excluding hydrogens is 182 g/mol. The van der Waals surface area contributed by atoms with E-state index >= 15 is 0 Å². The average molecular weight is 191 g/mol. The topological polar surface area (TPSA) is 29.1 Å². The first kappa shape index (κ1) is 8.26. The highest BCUT2D eigenvalue weighted by Gasteiger charge is 1.98. The molecule has 13 heavy (non-hydrogen) atoms. The predicted octanol–water partition coefficient (Wildman–Crippen LogP) is 2.51. The van der Waals surface area contributed by atoms with Crippen molar-refractivity contribution >= 4 is 32.7 Å². The third-order valence-corrected chi connectivity index (χ3v) is 2.86. The van der Waals surface area contributed by atoms with Crippen LogP contribution in [0, 0.1) is 0 Å². The Morgan fingerprint density at radius 3 is 3.00 bits per heavy atom. The lowest BCUT2D eigenvalue weighted by molar-refractivity contribution is -0.106. The lowest BCUT2D eigenvalue weighted by atomic mass is 10.3. The molecule has 1 aromatic carbocycles. The molecule has 0 unspecified atom stereocenters. The van der Waals surface area contributed by atoms with Crippen molar-refractivity contribution in [3.8, 4) is 0 Å². The van der Waals surface area contributed by atoms with E-state index in [1.165, 1.54) is 10.1 Å². The highest BCUT2D eigenvalue weighted by Crippen LogP contribution is 2.28.